The molecule has 1 saturated heterocycles. The fraction of sp³-hybridized carbons (Fsp3) is 0.462. The second-order valence-electron chi connectivity index (χ2n) is 4.77. The van der Waals surface area contributed by atoms with Crippen LogP contribution in [0.2, 0.25) is 5.02 Å². The van der Waals surface area contributed by atoms with Crippen molar-refractivity contribution in [1.29, 1.82) is 5.41 Å². The van der Waals surface area contributed by atoms with Crippen LogP contribution in [-0.2, 0) is 6.54 Å². The van der Waals surface area contributed by atoms with E-state index < -0.39 is 0 Å². The van der Waals surface area contributed by atoms with Gasteiger partial charge in [-0.3, -0.25) is 10.3 Å². The number of piperidine rings is 1. The zero-order valence-corrected chi connectivity index (χ0v) is 12.5. The predicted molar refractivity (Wildman–Crippen MR) is 79.1 cm³/mol. The Morgan fingerprint density at radius 2 is 2.33 bits per heavy atom. The van der Waals surface area contributed by atoms with Crippen molar-refractivity contribution in [2.45, 2.75) is 19.4 Å². The van der Waals surface area contributed by atoms with E-state index in [1.807, 2.05) is 18.2 Å². The highest BCUT2D eigenvalue weighted by atomic mass is 79.9. The molecule has 1 heterocycles. The van der Waals surface area contributed by atoms with Crippen molar-refractivity contribution in [1.82, 2.24) is 4.90 Å². The van der Waals surface area contributed by atoms with E-state index in [2.05, 4.69) is 20.8 Å². The first kappa shape index (κ1) is 13.8. The lowest BCUT2D eigenvalue weighted by atomic mass is 9.96. The normalized spacial score (nSPS) is 20.9. The Hall–Kier alpha value is -0.580. The predicted octanol–water partition coefficient (Wildman–Crippen LogP) is 3.25. The lowest BCUT2D eigenvalue weighted by molar-refractivity contribution is 0.196. The van der Waals surface area contributed by atoms with Crippen LogP contribution in [0.25, 0.3) is 0 Å². The molecule has 0 aromatic heterocycles. The average Bonchev–Trinajstić information content (AvgIpc) is 2.33. The molecule has 1 aromatic rings. The van der Waals surface area contributed by atoms with Gasteiger partial charge in [-0.05, 0) is 37.1 Å². The minimum absolute atomic E-state index is 0.202. The summed E-state index contributed by atoms with van der Waals surface area (Å²) >= 11 is 9.63. The molecule has 98 valence electrons. The van der Waals surface area contributed by atoms with Gasteiger partial charge in [0.25, 0.3) is 0 Å². The van der Waals surface area contributed by atoms with E-state index >= 15 is 0 Å². The molecule has 0 radical (unpaired) electrons. The molecule has 1 aliphatic rings. The van der Waals surface area contributed by atoms with Gasteiger partial charge in [0.15, 0.2) is 0 Å². The smallest absolute Gasteiger partial charge is 0.0949 e. The summed E-state index contributed by atoms with van der Waals surface area (Å²) in [5, 5.41) is 8.33. The van der Waals surface area contributed by atoms with Crippen LogP contribution in [0.4, 0.5) is 0 Å². The zero-order chi connectivity index (χ0) is 13.1. The van der Waals surface area contributed by atoms with E-state index in [9.17, 15) is 0 Å². The molecule has 2 rings (SSSR count). The number of nitrogens with one attached hydrogen (secondary N) is 1. The van der Waals surface area contributed by atoms with Gasteiger partial charge in [-0.15, -0.1) is 0 Å². The molecule has 1 aliphatic heterocycles. The zero-order valence-electron chi connectivity index (χ0n) is 10.1. The van der Waals surface area contributed by atoms with Crippen molar-refractivity contribution in [2.24, 2.45) is 11.7 Å². The summed E-state index contributed by atoms with van der Waals surface area (Å²) in [6.45, 7) is 2.74. The molecule has 5 heteroatoms. The summed E-state index contributed by atoms with van der Waals surface area (Å²) in [7, 11) is 0. The van der Waals surface area contributed by atoms with Crippen LogP contribution >= 0.6 is 27.5 Å². The monoisotopic (exact) mass is 329 g/mol. The topological polar surface area (TPSA) is 53.1 Å². The lowest BCUT2D eigenvalue weighted by Crippen LogP contribution is -2.40. The molecule has 0 bridgehead atoms. The van der Waals surface area contributed by atoms with Gasteiger partial charge in [0, 0.05) is 28.5 Å². The van der Waals surface area contributed by atoms with E-state index in [0.29, 0.717) is 5.84 Å². The van der Waals surface area contributed by atoms with Gasteiger partial charge in [0.05, 0.1) is 5.84 Å². The third-order valence-electron chi connectivity index (χ3n) is 3.35. The number of nitrogens with two attached hydrogens (primary N) is 1. The van der Waals surface area contributed by atoms with Gasteiger partial charge in [0.2, 0.25) is 0 Å². The highest BCUT2D eigenvalue weighted by Crippen LogP contribution is 2.24. The molecule has 1 aromatic carbocycles. The Bertz CT molecular complexity index is 450. The SMILES string of the molecule is N=C(N)C1CCCN(Cc2ccc(Br)cc2Cl)C1. The summed E-state index contributed by atoms with van der Waals surface area (Å²) < 4.78 is 0.997. The Balaban J connectivity index is 2.02. The number of hydrogen-bond donors (Lipinski definition) is 2. The van der Waals surface area contributed by atoms with Gasteiger partial charge in [0.1, 0.15) is 0 Å². The van der Waals surface area contributed by atoms with Crippen LogP contribution in [0, 0.1) is 11.3 Å². The summed E-state index contributed by atoms with van der Waals surface area (Å²) in [4.78, 5) is 2.32. The summed E-state index contributed by atoms with van der Waals surface area (Å²) in [5.41, 5.74) is 6.73. The van der Waals surface area contributed by atoms with E-state index in [0.717, 1.165) is 47.5 Å². The third-order valence-corrected chi connectivity index (χ3v) is 4.20. The van der Waals surface area contributed by atoms with Crippen molar-refractivity contribution >= 4 is 33.4 Å². The van der Waals surface area contributed by atoms with E-state index in [-0.39, 0.29) is 5.92 Å². The van der Waals surface area contributed by atoms with Crippen molar-refractivity contribution < 1.29 is 0 Å². The molecule has 0 saturated carbocycles. The molecule has 3 nitrogen and oxygen atoms in total. The maximum atomic E-state index is 7.55. The molecule has 18 heavy (non-hydrogen) atoms. The van der Waals surface area contributed by atoms with Gasteiger partial charge in [-0.1, -0.05) is 33.6 Å². The molecule has 1 unspecified atom stereocenters. The van der Waals surface area contributed by atoms with Crippen molar-refractivity contribution in [3.8, 4) is 0 Å². The first-order valence-corrected chi connectivity index (χ1v) is 7.23. The second kappa shape index (κ2) is 6.04. The summed E-state index contributed by atoms with van der Waals surface area (Å²) in [6.07, 6.45) is 2.12. The minimum atomic E-state index is 0.202. The third kappa shape index (κ3) is 3.46. The van der Waals surface area contributed by atoms with Crippen molar-refractivity contribution in [3.63, 3.8) is 0 Å². The lowest BCUT2D eigenvalue weighted by Gasteiger charge is -2.32. The molecule has 0 spiro atoms. The number of hydrogen-bond acceptors (Lipinski definition) is 2. The number of nitrogens with zero attached hydrogens (tertiary/aromatic N) is 1. The van der Waals surface area contributed by atoms with Gasteiger partial charge < -0.3 is 5.73 Å². The Morgan fingerprint density at radius 3 is 3.00 bits per heavy atom. The molecular weight excluding hydrogens is 314 g/mol. The Kier molecular flexibility index (Phi) is 4.65. The molecule has 1 atom stereocenters. The highest BCUT2D eigenvalue weighted by Gasteiger charge is 2.22. The molecule has 1 fully saturated rings. The number of likely N-dealkylation sites (tertiary alicyclic amines) is 1. The largest absolute Gasteiger partial charge is 0.387 e. The standard InChI is InChI=1S/C13H17BrClN3/c14-11-4-3-9(12(15)6-11)7-18-5-1-2-10(8-18)13(16)17/h3-4,6,10H,1-2,5,7-8H2,(H3,16,17). The Morgan fingerprint density at radius 1 is 1.56 bits per heavy atom. The van der Waals surface area contributed by atoms with Crippen LogP contribution in [0.1, 0.15) is 18.4 Å². The van der Waals surface area contributed by atoms with E-state index in [1.165, 1.54) is 0 Å². The molecule has 0 amide bonds. The molecular formula is C13H17BrClN3. The first-order chi connectivity index (χ1) is 8.56. The quantitative estimate of drug-likeness (QED) is 0.660. The maximum absolute atomic E-state index is 7.55. The van der Waals surface area contributed by atoms with Crippen LogP contribution < -0.4 is 5.73 Å². The molecule has 3 N–H and O–H groups in total. The van der Waals surface area contributed by atoms with E-state index in [1.54, 1.807) is 0 Å². The number of halogens is 2. The van der Waals surface area contributed by atoms with Crippen LogP contribution in [0.3, 0.4) is 0 Å². The number of benzene rings is 1. The Labute approximate surface area is 121 Å². The van der Waals surface area contributed by atoms with Crippen molar-refractivity contribution in [3.05, 3.63) is 33.3 Å². The molecule has 0 aliphatic carbocycles. The summed E-state index contributed by atoms with van der Waals surface area (Å²) in [5.74, 6) is 0.509. The van der Waals surface area contributed by atoms with Gasteiger partial charge >= 0.3 is 0 Å². The van der Waals surface area contributed by atoms with Crippen LogP contribution in [0.15, 0.2) is 22.7 Å². The van der Waals surface area contributed by atoms with Crippen LogP contribution in [-0.4, -0.2) is 23.8 Å². The fourth-order valence-corrected chi connectivity index (χ4v) is 3.08. The average molecular weight is 331 g/mol. The van der Waals surface area contributed by atoms with Gasteiger partial charge in [-0.2, -0.15) is 0 Å². The minimum Gasteiger partial charge on any atom is -0.387 e. The number of amidine groups is 1. The van der Waals surface area contributed by atoms with Crippen LogP contribution in [0.5, 0.6) is 0 Å². The highest BCUT2D eigenvalue weighted by molar-refractivity contribution is 9.10. The number of rotatable bonds is 3. The second-order valence-corrected chi connectivity index (χ2v) is 6.09. The fourth-order valence-electron chi connectivity index (χ4n) is 2.34. The van der Waals surface area contributed by atoms with E-state index in [4.69, 9.17) is 22.7 Å². The summed E-state index contributed by atoms with van der Waals surface area (Å²) in [6, 6.07) is 5.97. The maximum Gasteiger partial charge on any atom is 0.0949 e. The first-order valence-electron chi connectivity index (χ1n) is 6.06. The van der Waals surface area contributed by atoms with Gasteiger partial charge in [-0.25, -0.2) is 0 Å². The van der Waals surface area contributed by atoms with Crippen molar-refractivity contribution in [2.75, 3.05) is 13.1 Å².